The topological polar surface area (TPSA) is 411 Å². The number of nitrogens with zero attached hydrogens (tertiary/aromatic N) is 2. The Kier molecular flexibility index (Phi) is 23.8. The van der Waals surface area contributed by atoms with Crippen LogP contribution < -0.4 is 21.7 Å². The summed E-state index contributed by atoms with van der Waals surface area (Å²) in [5.41, 5.74) is 5.59. The van der Waals surface area contributed by atoms with E-state index >= 15 is 0 Å². The second kappa shape index (κ2) is 28.2. The maximum absolute atomic E-state index is 13.6. The molecule has 0 aromatic carbocycles. The summed E-state index contributed by atoms with van der Waals surface area (Å²) in [5.74, 6) is -6.24. The van der Waals surface area contributed by atoms with Gasteiger partial charge in [0, 0.05) is 49.8 Å². The summed E-state index contributed by atoms with van der Waals surface area (Å²) < 4.78 is 46.3. The molecule has 414 valence electrons. The molecule has 4 aliphatic heterocycles. The van der Waals surface area contributed by atoms with E-state index in [2.05, 4.69) is 20.9 Å². The molecule has 0 aromatic heterocycles. The van der Waals surface area contributed by atoms with Crippen LogP contribution in [0.3, 0.4) is 0 Å². The van der Waals surface area contributed by atoms with Gasteiger partial charge in [-0.3, -0.25) is 47.6 Å². The number of aliphatic carboxylic acids is 1. The Labute approximate surface area is 425 Å². The van der Waals surface area contributed by atoms with Crippen molar-refractivity contribution in [3.63, 3.8) is 0 Å². The largest absolute Gasteiger partial charge is 0.481 e. The molecular weight excluding hydrogens is 1010 g/mol. The minimum atomic E-state index is -5.17. The molecule has 0 aliphatic carbocycles. The number of ether oxygens (including phenoxy) is 4. The summed E-state index contributed by atoms with van der Waals surface area (Å²) >= 11 is 1.40. The zero-order chi connectivity index (χ0) is 54.5. The highest BCUT2D eigenvalue weighted by Gasteiger charge is 2.57. The number of aliphatic hydroxyl groups is 5. The van der Waals surface area contributed by atoms with Crippen LogP contribution in [0.2, 0.25) is 0 Å². The molecule has 0 radical (unpaired) electrons. The third-order valence-electron chi connectivity index (χ3n) is 12.8. The lowest BCUT2D eigenvalue weighted by Gasteiger charge is -2.49. The van der Waals surface area contributed by atoms with Crippen LogP contribution in [0.15, 0.2) is 15.6 Å². The van der Waals surface area contributed by atoms with Crippen molar-refractivity contribution in [3.05, 3.63) is 10.6 Å². The number of aliphatic imine (C=N–C) groups is 1. The van der Waals surface area contributed by atoms with Gasteiger partial charge in [-0.1, -0.05) is 6.42 Å². The molecule has 4 amide bonds. The number of ketones is 2. The average molecular weight is 1080 g/mol. The number of hydrogen-bond donors (Lipinski definition) is 11. The molecule has 12 N–H and O–H groups in total. The molecule has 4 rings (SSSR count). The third-order valence-corrected chi connectivity index (χ3v) is 14.8. The predicted octanol–water partition coefficient (Wildman–Crippen LogP) is -2.45. The first-order chi connectivity index (χ1) is 34.4. The fourth-order valence-electron chi connectivity index (χ4n) is 8.89. The first-order valence-corrected chi connectivity index (χ1v) is 26.4. The SMILES string of the molecule is CC(=O)NC1C(OP(=O)(O)OC[C@@H](C)C(=O)O)OC(CO)C(OC2OC(CO)C(O)C(O[C@H](C)C(=O)CC[C@@H](CCCCNC(=O)C3=C(SCCN=CN)C[C@@H]4[C@@H]([C@@H](C)O)C(=O)N34)C(C)=O)C2NC(C)=O)C1O. The number of β-lactam (4-membered cyclic amide) rings is 1. The maximum Gasteiger partial charge on any atom is 0.474 e. The molecule has 17 atom stereocenters. The van der Waals surface area contributed by atoms with E-state index in [-0.39, 0.29) is 42.8 Å². The van der Waals surface area contributed by atoms with E-state index in [1.807, 2.05) is 0 Å². The molecule has 0 aromatic rings. The standard InChI is InChI=1S/C44H71N6O21PS/c1-20(42(62)63)18-66-72(64,65)71-44-33(48-24(5)55)37(59)38(30(17-52)69-44)70-43-34(49-25(6)56)39(36(58)29(16-51)68-43)67-23(4)28(57)11-10-26(21(2)53)9-7-8-12-47-40(60)35-31(73-14-13-46-19-45)15-27-32(22(3)54)41(61)50(27)35/h19-20,22-23,26-27,29-30,32-34,36-39,43-44,51-52,54,58-59H,7-18H2,1-6H3,(H2,45,46)(H,47,60)(H,48,55)(H,49,56)(H,62,63)(H,64,65)/t20-,22-,23-,26-,27-,29?,30?,32-,33?,34?,36?,37?,38?,39?,43?,44?/m1/s1. The van der Waals surface area contributed by atoms with Crippen LogP contribution in [-0.4, -0.2) is 206 Å². The smallest absolute Gasteiger partial charge is 0.474 e. The number of aliphatic hydroxyl groups excluding tert-OH is 5. The van der Waals surface area contributed by atoms with Gasteiger partial charge in [0.2, 0.25) is 17.7 Å². The summed E-state index contributed by atoms with van der Waals surface area (Å²) in [4.78, 5) is 105. The van der Waals surface area contributed by atoms with Gasteiger partial charge < -0.3 is 81.1 Å². The maximum atomic E-state index is 13.6. The second-order valence-corrected chi connectivity index (χ2v) is 20.9. The van der Waals surface area contributed by atoms with E-state index < -0.39 is 148 Å². The van der Waals surface area contributed by atoms with Gasteiger partial charge in [0.05, 0.1) is 56.7 Å². The van der Waals surface area contributed by atoms with E-state index in [4.69, 9.17) is 38.8 Å². The van der Waals surface area contributed by atoms with E-state index in [0.29, 0.717) is 42.9 Å². The molecule has 3 fully saturated rings. The Morgan fingerprint density at radius 2 is 1.59 bits per heavy atom. The number of phosphoric ester groups is 1. The van der Waals surface area contributed by atoms with Crippen molar-refractivity contribution in [2.75, 3.05) is 38.7 Å². The number of unbranched alkanes of at least 4 members (excludes halogenated alkanes) is 1. The molecule has 4 heterocycles. The van der Waals surface area contributed by atoms with Gasteiger partial charge in [-0.05, 0) is 47.0 Å². The molecule has 0 spiro atoms. The Hall–Kier alpha value is -4.00. The number of carbonyl (C=O) groups excluding carboxylic acids is 6. The number of nitrogens with two attached hydrogens (primary N) is 1. The van der Waals surface area contributed by atoms with E-state index in [1.54, 1.807) is 6.92 Å². The number of phosphoric acid groups is 1. The van der Waals surface area contributed by atoms with Crippen LogP contribution in [0.1, 0.15) is 80.1 Å². The van der Waals surface area contributed by atoms with Gasteiger partial charge in [-0.2, -0.15) is 0 Å². The highest BCUT2D eigenvalue weighted by molar-refractivity contribution is 8.03. The number of rotatable bonds is 30. The number of fused-ring (bicyclic) bond motifs is 1. The zero-order valence-electron chi connectivity index (χ0n) is 41.5. The highest BCUT2D eigenvalue weighted by atomic mass is 32.2. The lowest BCUT2D eigenvalue weighted by molar-refractivity contribution is -0.329. The lowest BCUT2D eigenvalue weighted by atomic mass is 9.83. The van der Waals surface area contributed by atoms with Gasteiger partial charge in [-0.25, -0.2) is 4.57 Å². The number of thioether (sulfide) groups is 1. The molecule has 4 aliphatic rings. The fourth-order valence-corrected chi connectivity index (χ4v) is 10.9. The van der Waals surface area contributed by atoms with Crippen LogP contribution >= 0.6 is 19.6 Å². The van der Waals surface area contributed by atoms with Crippen molar-refractivity contribution >= 4 is 67.1 Å². The molecule has 0 saturated carbocycles. The summed E-state index contributed by atoms with van der Waals surface area (Å²) in [6.45, 7) is 5.61. The highest BCUT2D eigenvalue weighted by Crippen LogP contribution is 2.48. The quantitative estimate of drug-likeness (QED) is 0.0117. The third kappa shape index (κ3) is 16.5. The first kappa shape index (κ1) is 61.5. The average Bonchev–Trinajstić information content (AvgIpc) is 3.64. The summed E-state index contributed by atoms with van der Waals surface area (Å²) in [7, 11) is -5.17. The lowest BCUT2D eigenvalue weighted by Crippen LogP contribution is -2.69. The van der Waals surface area contributed by atoms with Gasteiger partial charge in [0.1, 0.15) is 66.3 Å². The molecule has 0 bridgehead atoms. The number of Topliss-reactive ketones (excluding diaryl/α,β-unsaturated/α-hetero) is 2. The van der Waals surface area contributed by atoms with E-state index in [9.17, 15) is 68.6 Å². The van der Waals surface area contributed by atoms with Crippen molar-refractivity contribution in [1.82, 2.24) is 20.9 Å². The van der Waals surface area contributed by atoms with Gasteiger partial charge in [0.15, 0.2) is 18.4 Å². The Bertz CT molecular complexity index is 2070. The zero-order valence-corrected chi connectivity index (χ0v) is 43.2. The number of hydrogen-bond acceptors (Lipinski definition) is 21. The minimum Gasteiger partial charge on any atom is -0.481 e. The normalized spacial score (nSPS) is 30.6. The summed E-state index contributed by atoms with van der Waals surface area (Å²) in [5, 5.41) is 70.5. The van der Waals surface area contributed by atoms with Crippen LogP contribution in [0.4, 0.5) is 0 Å². The minimum absolute atomic E-state index is 0.108. The predicted molar refractivity (Wildman–Crippen MR) is 254 cm³/mol. The number of amides is 4. The number of carboxylic acid groups (broad SMARTS) is 1. The van der Waals surface area contributed by atoms with Gasteiger partial charge >= 0.3 is 13.8 Å². The van der Waals surface area contributed by atoms with Crippen LogP contribution in [-0.2, 0) is 66.1 Å². The number of carboxylic acids is 1. The van der Waals surface area contributed by atoms with Crippen molar-refractivity contribution in [2.45, 2.75) is 160 Å². The van der Waals surface area contributed by atoms with Crippen molar-refractivity contribution in [3.8, 4) is 0 Å². The molecular formula is C44H71N6O21PS. The van der Waals surface area contributed by atoms with Crippen LogP contribution in [0, 0.1) is 17.8 Å². The van der Waals surface area contributed by atoms with Crippen LogP contribution in [0.5, 0.6) is 0 Å². The van der Waals surface area contributed by atoms with E-state index in [0.717, 1.165) is 13.8 Å². The number of carbonyl (C=O) groups is 7. The van der Waals surface area contributed by atoms with Crippen molar-refractivity contribution in [1.29, 1.82) is 0 Å². The van der Waals surface area contributed by atoms with Crippen molar-refractivity contribution in [2.24, 2.45) is 28.5 Å². The monoisotopic (exact) mass is 1080 g/mol. The first-order valence-electron chi connectivity index (χ1n) is 23.9. The Morgan fingerprint density at radius 3 is 2.18 bits per heavy atom. The second-order valence-electron chi connectivity index (χ2n) is 18.3. The van der Waals surface area contributed by atoms with Crippen molar-refractivity contribution < 1.29 is 102 Å². The fraction of sp³-hybridized carbons (Fsp3) is 0.773. The molecule has 29 heteroatoms. The molecule has 3 saturated heterocycles. The van der Waals surface area contributed by atoms with Crippen LogP contribution in [0.25, 0.3) is 0 Å². The van der Waals surface area contributed by atoms with Gasteiger partial charge in [0.25, 0.3) is 5.91 Å². The Balaban J connectivity index is 1.39. The molecule has 11 unspecified atom stereocenters. The summed E-state index contributed by atoms with van der Waals surface area (Å²) in [6, 6.07) is -3.58. The molecule has 73 heavy (non-hydrogen) atoms. The Morgan fingerprint density at radius 1 is 0.945 bits per heavy atom. The molecule has 27 nitrogen and oxygen atoms in total. The number of nitrogens with one attached hydrogen (secondary N) is 3. The summed E-state index contributed by atoms with van der Waals surface area (Å²) in [6.07, 6.45) is -13.3. The van der Waals surface area contributed by atoms with Gasteiger partial charge in [-0.15, -0.1) is 11.8 Å². The van der Waals surface area contributed by atoms with E-state index in [1.165, 1.54) is 43.8 Å².